The normalized spacial score (nSPS) is 29.2. The summed E-state index contributed by atoms with van der Waals surface area (Å²) in [5.74, 6) is 0.619. The monoisotopic (exact) mass is 550 g/mol. The highest BCUT2D eigenvalue weighted by Crippen LogP contribution is 2.31. The molecule has 212 valence electrons. The summed E-state index contributed by atoms with van der Waals surface area (Å²) >= 11 is 6.16. The molecule has 4 aliphatic heterocycles. The molecule has 0 spiro atoms. The Bertz CT molecular complexity index is 986. The topological polar surface area (TPSA) is 106 Å². The Morgan fingerprint density at radius 2 is 1.89 bits per heavy atom. The number of hydrogen-bond donors (Lipinski definition) is 2. The van der Waals surface area contributed by atoms with Crippen LogP contribution in [0.3, 0.4) is 0 Å². The van der Waals surface area contributed by atoms with Gasteiger partial charge in [-0.3, -0.25) is 14.5 Å². The predicted molar refractivity (Wildman–Crippen MR) is 148 cm³/mol. The Hall–Kier alpha value is -2.07. The van der Waals surface area contributed by atoms with E-state index in [0.717, 1.165) is 71.2 Å². The van der Waals surface area contributed by atoms with Gasteiger partial charge in [0.05, 0.1) is 35.0 Å². The summed E-state index contributed by atoms with van der Waals surface area (Å²) in [4.78, 5) is 30.2. The summed E-state index contributed by atoms with van der Waals surface area (Å²) in [6.45, 7) is 7.72. The molecule has 3 N–H and O–H groups in total. The third-order valence-electron chi connectivity index (χ3n) is 8.58. The number of nitrogens with zero attached hydrogens (tertiary/aromatic N) is 2. The van der Waals surface area contributed by atoms with Crippen molar-refractivity contribution >= 4 is 29.2 Å². The van der Waals surface area contributed by atoms with E-state index in [-0.39, 0.29) is 24.0 Å². The van der Waals surface area contributed by atoms with Crippen LogP contribution in [0.1, 0.15) is 62.2 Å². The number of unbranched alkanes of at least 4 members (excludes halogenated alkanes) is 2. The average molecular weight is 551 g/mol. The number of rotatable bonds is 11. The van der Waals surface area contributed by atoms with E-state index in [1.165, 1.54) is 13.2 Å². The molecule has 0 unspecified atom stereocenters. The molecule has 4 heterocycles. The number of hydrogen-bond acceptors (Lipinski definition) is 8. The van der Waals surface area contributed by atoms with Crippen LogP contribution in [0.4, 0.5) is 5.69 Å². The number of nitrogens with two attached hydrogens (primary N) is 1. The largest absolute Gasteiger partial charge is 0.496 e. The van der Waals surface area contributed by atoms with E-state index in [4.69, 9.17) is 31.5 Å². The molecule has 4 saturated heterocycles. The highest BCUT2D eigenvalue weighted by atomic mass is 35.5. The van der Waals surface area contributed by atoms with Crippen LogP contribution in [0.5, 0.6) is 5.75 Å². The fourth-order valence-corrected chi connectivity index (χ4v) is 6.24. The number of benzene rings is 1. The number of amides is 1. The molecule has 0 radical (unpaired) electrons. The Kier molecular flexibility index (Phi) is 9.79. The van der Waals surface area contributed by atoms with Crippen LogP contribution in [0.25, 0.3) is 0 Å². The number of ether oxygens (including phenoxy) is 3. The van der Waals surface area contributed by atoms with Crippen molar-refractivity contribution in [3.05, 3.63) is 22.7 Å². The third-order valence-corrected chi connectivity index (χ3v) is 8.91. The predicted octanol–water partition coefficient (Wildman–Crippen LogP) is 3.34. The summed E-state index contributed by atoms with van der Waals surface area (Å²) in [6.07, 6.45) is 6.49. The maximum absolute atomic E-state index is 13.1. The van der Waals surface area contributed by atoms with E-state index in [1.807, 2.05) is 6.92 Å². The quantitative estimate of drug-likeness (QED) is 0.245. The molecule has 1 aromatic carbocycles. The van der Waals surface area contributed by atoms with Gasteiger partial charge < -0.3 is 30.2 Å². The van der Waals surface area contributed by atoms with Crippen molar-refractivity contribution in [2.75, 3.05) is 59.2 Å². The zero-order valence-corrected chi connectivity index (χ0v) is 23.7. The molecule has 38 heavy (non-hydrogen) atoms. The van der Waals surface area contributed by atoms with Crippen LogP contribution in [0.2, 0.25) is 5.02 Å². The number of halogens is 1. The lowest BCUT2D eigenvalue weighted by atomic mass is 9.86. The second-order valence-electron chi connectivity index (χ2n) is 11.2. The second-order valence-corrected chi connectivity index (χ2v) is 11.6. The molecule has 9 nitrogen and oxygen atoms in total. The standard InChI is InChI=1S/C28H43ClN4O5/c1-28(37-3)18-33(11-6-4-5-7-26(34)38-24-17-32-12-8-19(24)9-13-32)14-10-25(28)31-27(35)20-15-21(29)22(30)16-23(20)36-2/h15-16,19,24-25H,4-14,17-18,30H2,1-3H3,(H,31,35)/t24-,25+,28+/m0/s1. The van der Waals surface area contributed by atoms with Crippen molar-refractivity contribution in [1.29, 1.82) is 0 Å². The van der Waals surface area contributed by atoms with E-state index in [9.17, 15) is 9.59 Å². The number of piperidine rings is 4. The average Bonchev–Trinajstić information content (AvgIpc) is 2.91. The molecule has 1 aromatic rings. The first-order valence-electron chi connectivity index (χ1n) is 13.9. The summed E-state index contributed by atoms with van der Waals surface area (Å²) in [7, 11) is 3.18. The van der Waals surface area contributed by atoms with Crippen LogP contribution < -0.4 is 15.8 Å². The number of fused-ring (bicyclic) bond motifs is 3. The number of anilines is 1. The Morgan fingerprint density at radius 3 is 2.55 bits per heavy atom. The first-order chi connectivity index (χ1) is 18.2. The van der Waals surface area contributed by atoms with Gasteiger partial charge in [0.25, 0.3) is 5.91 Å². The van der Waals surface area contributed by atoms with Gasteiger partial charge in [-0.15, -0.1) is 0 Å². The van der Waals surface area contributed by atoms with E-state index in [0.29, 0.717) is 40.9 Å². The molecular weight excluding hydrogens is 508 g/mol. The molecule has 0 saturated carbocycles. The van der Waals surface area contributed by atoms with E-state index >= 15 is 0 Å². The molecule has 0 aliphatic carbocycles. The van der Waals surface area contributed by atoms with Gasteiger partial charge in [-0.25, -0.2) is 0 Å². The summed E-state index contributed by atoms with van der Waals surface area (Å²) in [5.41, 5.74) is 6.02. The minimum Gasteiger partial charge on any atom is -0.496 e. The highest BCUT2D eigenvalue weighted by molar-refractivity contribution is 6.33. The minimum absolute atomic E-state index is 0.0497. The van der Waals surface area contributed by atoms with Gasteiger partial charge in [0.15, 0.2) is 0 Å². The van der Waals surface area contributed by atoms with Gasteiger partial charge in [0.2, 0.25) is 0 Å². The fraction of sp³-hybridized carbons (Fsp3) is 0.714. The van der Waals surface area contributed by atoms with E-state index in [2.05, 4.69) is 15.1 Å². The lowest BCUT2D eigenvalue weighted by Crippen LogP contribution is -2.62. The summed E-state index contributed by atoms with van der Waals surface area (Å²) in [5, 5.41) is 3.44. The van der Waals surface area contributed by atoms with Crippen molar-refractivity contribution in [2.24, 2.45) is 5.92 Å². The van der Waals surface area contributed by atoms with Crippen LogP contribution >= 0.6 is 11.6 Å². The van der Waals surface area contributed by atoms with Crippen LogP contribution in [-0.4, -0.2) is 92.9 Å². The molecular formula is C28H43ClN4O5. The maximum Gasteiger partial charge on any atom is 0.306 e. The van der Waals surface area contributed by atoms with Crippen molar-refractivity contribution < 1.29 is 23.8 Å². The highest BCUT2D eigenvalue weighted by Gasteiger charge is 2.41. The molecule has 3 atom stereocenters. The molecule has 5 rings (SSSR count). The molecule has 4 fully saturated rings. The lowest BCUT2D eigenvalue weighted by Gasteiger charge is -2.45. The number of methoxy groups -OCH3 is 2. The number of esters is 1. The molecule has 0 aromatic heterocycles. The van der Waals surface area contributed by atoms with Gasteiger partial charge in [0, 0.05) is 39.2 Å². The maximum atomic E-state index is 13.1. The number of carbonyl (C=O) groups is 2. The van der Waals surface area contributed by atoms with Gasteiger partial charge in [-0.1, -0.05) is 18.0 Å². The first kappa shape index (κ1) is 28.9. The van der Waals surface area contributed by atoms with Crippen LogP contribution in [-0.2, 0) is 14.3 Å². The van der Waals surface area contributed by atoms with Crippen molar-refractivity contribution in [2.45, 2.75) is 69.6 Å². The van der Waals surface area contributed by atoms with Gasteiger partial charge in [-0.05, 0) is 70.6 Å². The Labute approximate surface area is 231 Å². The SMILES string of the molecule is COc1cc(N)c(Cl)cc1C(=O)N[C@@H]1CCN(CCCCCC(=O)O[C@H]2CN3CCC2CC3)C[C@@]1(C)OC. The Balaban J connectivity index is 1.19. The van der Waals surface area contributed by atoms with Crippen molar-refractivity contribution in [3.63, 3.8) is 0 Å². The Morgan fingerprint density at radius 1 is 1.13 bits per heavy atom. The fourth-order valence-electron chi connectivity index (χ4n) is 6.08. The first-order valence-corrected chi connectivity index (χ1v) is 14.2. The molecule has 4 aliphatic rings. The third kappa shape index (κ3) is 6.92. The second kappa shape index (κ2) is 12.9. The molecule has 10 heteroatoms. The molecule has 1 amide bonds. The minimum atomic E-state index is -0.544. The number of nitrogen functional groups attached to an aromatic ring is 1. The van der Waals surface area contributed by atoms with Crippen molar-refractivity contribution in [3.8, 4) is 5.75 Å². The van der Waals surface area contributed by atoms with Gasteiger partial charge in [0.1, 0.15) is 11.9 Å². The molecule has 2 bridgehead atoms. The van der Waals surface area contributed by atoms with Crippen LogP contribution in [0, 0.1) is 5.92 Å². The number of carbonyl (C=O) groups excluding carboxylic acids is 2. The van der Waals surface area contributed by atoms with Gasteiger partial charge in [-0.2, -0.15) is 0 Å². The zero-order valence-electron chi connectivity index (χ0n) is 23.0. The van der Waals surface area contributed by atoms with E-state index < -0.39 is 5.60 Å². The summed E-state index contributed by atoms with van der Waals surface area (Å²) in [6, 6.07) is 2.93. The van der Waals surface area contributed by atoms with Gasteiger partial charge >= 0.3 is 5.97 Å². The van der Waals surface area contributed by atoms with Crippen LogP contribution in [0.15, 0.2) is 12.1 Å². The smallest absolute Gasteiger partial charge is 0.306 e. The number of nitrogens with one attached hydrogen (secondary N) is 1. The zero-order chi connectivity index (χ0) is 27.3. The number of likely N-dealkylation sites (tertiary alicyclic amines) is 1. The summed E-state index contributed by atoms with van der Waals surface area (Å²) < 4.78 is 17.1. The lowest BCUT2D eigenvalue weighted by molar-refractivity contribution is -0.158. The van der Waals surface area contributed by atoms with Crippen molar-refractivity contribution in [1.82, 2.24) is 15.1 Å². The van der Waals surface area contributed by atoms with E-state index in [1.54, 1.807) is 13.2 Å².